The third kappa shape index (κ3) is 5.55. The Balaban J connectivity index is 2.67. The molecule has 8 heteroatoms. The minimum Gasteiger partial charge on any atom is -0.348 e. The fourth-order valence-electron chi connectivity index (χ4n) is 1.67. The number of hydrogen-bond acceptors (Lipinski definition) is 2. The van der Waals surface area contributed by atoms with Gasteiger partial charge in [-0.1, -0.05) is 31.4 Å². The molecule has 1 aromatic carbocycles. The summed E-state index contributed by atoms with van der Waals surface area (Å²) in [6.45, 7) is 2.34. The van der Waals surface area contributed by atoms with E-state index in [1.54, 1.807) is 0 Å². The van der Waals surface area contributed by atoms with Crippen molar-refractivity contribution in [3.05, 3.63) is 28.8 Å². The van der Waals surface area contributed by atoms with Crippen LogP contribution >= 0.6 is 11.6 Å². The van der Waals surface area contributed by atoms with Gasteiger partial charge in [-0.2, -0.15) is 13.2 Å². The summed E-state index contributed by atoms with van der Waals surface area (Å²) in [4.78, 5) is 23.1. The number of unbranched alkanes of at least 4 members (excludes halogenated alkanes) is 2. The van der Waals surface area contributed by atoms with Crippen LogP contribution in [0.4, 0.5) is 18.9 Å². The maximum absolute atomic E-state index is 12.7. The van der Waals surface area contributed by atoms with Gasteiger partial charge in [0.25, 0.3) is 0 Å². The topological polar surface area (TPSA) is 58.2 Å². The van der Waals surface area contributed by atoms with E-state index in [0.717, 1.165) is 25.3 Å². The SMILES string of the molecule is CCCCCNC(=O)C(=O)Nc1ccc(Cl)c(C(F)(F)F)c1. The number of halogens is 4. The van der Waals surface area contributed by atoms with Crippen molar-refractivity contribution in [3.63, 3.8) is 0 Å². The molecule has 0 aromatic heterocycles. The summed E-state index contributed by atoms with van der Waals surface area (Å²) >= 11 is 5.47. The van der Waals surface area contributed by atoms with Crippen LogP contribution in [0, 0.1) is 0 Å². The van der Waals surface area contributed by atoms with E-state index < -0.39 is 28.6 Å². The third-order valence-corrected chi connectivity index (χ3v) is 3.13. The van der Waals surface area contributed by atoms with E-state index in [1.807, 2.05) is 6.92 Å². The summed E-state index contributed by atoms with van der Waals surface area (Å²) in [6.07, 6.45) is -2.03. The van der Waals surface area contributed by atoms with Crippen LogP contribution in [0.2, 0.25) is 5.02 Å². The lowest BCUT2D eigenvalue weighted by molar-refractivity contribution is -0.137. The number of carbonyl (C=O) groups excluding carboxylic acids is 2. The quantitative estimate of drug-likeness (QED) is 0.637. The lowest BCUT2D eigenvalue weighted by Crippen LogP contribution is -2.35. The lowest BCUT2D eigenvalue weighted by atomic mass is 10.2. The van der Waals surface area contributed by atoms with E-state index in [-0.39, 0.29) is 5.69 Å². The highest BCUT2D eigenvalue weighted by atomic mass is 35.5. The molecule has 2 N–H and O–H groups in total. The monoisotopic (exact) mass is 336 g/mol. The van der Waals surface area contributed by atoms with Crippen molar-refractivity contribution < 1.29 is 22.8 Å². The molecule has 0 bridgehead atoms. The molecule has 0 fully saturated rings. The lowest BCUT2D eigenvalue weighted by Gasteiger charge is -2.11. The molecule has 0 unspecified atom stereocenters. The Morgan fingerprint density at radius 2 is 1.86 bits per heavy atom. The summed E-state index contributed by atoms with van der Waals surface area (Å²) in [7, 11) is 0. The van der Waals surface area contributed by atoms with Crippen molar-refractivity contribution in [2.24, 2.45) is 0 Å². The molecule has 0 aliphatic rings. The number of hydrogen-bond donors (Lipinski definition) is 2. The van der Waals surface area contributed by atoms with Crippen LogP contribution in [0.1, 0.15) is 31.7 Å². The first-order chi connectivity index (χ1) is 10.3. The molecule has 0 heterocycles. The van der Waals surface area contributed by atoms with Crippen molar-refractivity contribution in [2.75, 3.05) is 11.9 Å². The predicted molar refractivity (Wildman–Crippen MR) is 77.6 cm³/mol. The zero-order valence-corrected chi connectivity index (χ0v) is 12.6. The van der Waals surface area contributed by atoms with Crippen molar-refractivity contribution in [1.29, 1.82) is 0 Å². The maximum atomic E-state index is 12.7. The average molecular weight is 337 g/mol. The molecule has 22 heavy (non-hydrogen) atoms. The van der Waals surface area contributed by atoms with Gasteiger partial charge in [0.05, 0.1) is 10.6 Å². The first-order valence-electron chi connectivity index (χ1n) is 6.71. The van der Waals surface area contributed by atoms with Gasteiger partial charge >= 0.3 is 18.0 Å². The van der Waals surface area contributed by atoms with E-state index in [4.69, 9.17) is 11.6 Å². The van der Waals surface area contributed by atoms with Crippen molar-refractivity contribution in [3.8, 4) is 0 Å². The van der Waals surface area contributed by atoms with Crippen LogP contribution in [0.25, 0.3) is 0 Å². The van der Waals surface area contributed by atoms with Gasteiger partial charge in [0, 0.05) is 12.2 Å². The van der Waals surface area contributed by atoms with Crippen LogP contribution in [0.15, 0.2) is 18.2 Å². The normalized spacial score (nSPS) is 11.1. The molecule has 1 rings (SSSR count). The van der Waals surface area contributed by atoms with Crippen LogP contribution in [-0.4, -0.2) is 18.4 Å². The summed E-state index contributed by atoms with van der Waals surface area (Å²) in [5, 5.41) is 4.03. The summed E-state index contributed by atoms with van der Waals surface area (Å²) in [5.74, 6) is -1.91. The Labute approximate surface area is 131 Å². The van der Waals surface area contributed by atoms with Crippen molar-refractivity contribution >= 4 is 29.1 Å². The standard InChI is InChI=1S/C14H16ClF3N2O2/c1-2-3-4-7-19-12(21)13(22)20-9-5-6-11(15)10(8-9)14(16,17)18/h5-6,8H,2-4,7H2,1H3,(H,19,21)(H,20,22). The van der Waals surface area contributed by atoms with Crippen LogP contribution in [-0.2, 0) is 15.8 Å². The molecule has 0 spiro atoms. The van der Waals surface area contributed by atoms with E-state index >= 15 is 0 Å². The first kappa shape index (κ1) is 18.3. The Kier molecular flexibility index (Phi) is 6.67. The zero-order chi connectivity index (χ0) is 16.8. The molecule has 0 aliphatic heterocycles. The number of nitrogens with one attached hydrogen (secondary N) is 2. The van der Waals surface area contributed by atoms with Gasteiger partial charge in [-0.25, -0.2) is 0 Å². The first-order valence-corrected chi connectivity index (χ1v) is 7.09. The Morgan fingerprint density at radius 1 is 1.18 bits per heavy atom. The fraction of sp³-hybridized carbons (Fsp3) is 0.429. The van der Waals surface area contributed by atoms with Gasteiger partial charge in [0.1, 0.15) is 0 Å². The van der Waals surface area contributed by atoms with E-state index in [9.17, 15) is 22.8 Å². The van der Waals surface area contributed by atoms with Crippen LogP contribution in [0.5, 0.6) is 0 Å². The third-order valence-electron chi connectivity index (χ3n) is 2.80. The van der Waals surface area contributed by atoms with Gasteiger partial charge in [0.2, 0.25) is 0 Å². The van der Waals surface area contributed by atoms with Crippen molar-refractivity contribution in [2.45, 2.75) is 32.4 Å². The number of anilines is 1. The number of amides is 2. The number of alkyl halides is 3. The molecule has 0 atom stereocenters. The van der Waals surface area contributed by atoms with Gasteiger partial charge in [-0.05, 0) is 24.6 Å². The molecule has 0 saturated carbocycles. The molecule has 0 radical (unpaired) electrons. The highest BCUT2D eigenvalue weighted by molar-refractivity contribution is 6.39. The average Bonchev–Trinajstić information content (AvgIpc) is 2.44. The number of carbonyl (C=O) groups is 2. The molecule has 0 saturated heterocycles. The van der Waals surface area contributed by atoms with Crippen LogP contribution < -0.4 is 10.6 Å². The minimum absolute atomic E-state index is 0.148. The number of benzene rings is 1. The van der Waals surface area contributed by atoms with Crippen molar-refractivity contribution in [1.82, 2.24) is 5.32 Å². The largest absolute Gasteiger partial charge is 0.417 e. The van der Waals surface area contributed by atoms with E-state index in [0.29, 0.717) is 12.6 Å². The number of rotatable bonds is 5. The highest BCUT2D eigenvalue weighted by Gasteiger charge is 2.33. The Bertz CT molecular complexity index is 547. The Morgan fingerprint density at radius 3 is 2.45 bits per heavy atom. The summed E-state index contributed by atoms with van der Waals surface area (Å²) in [5.41, 5.74) is -1.22. The van der Waals surface area contributed by atoms with Gasteiger partial charge in [-0.3, -0.25) is 9.59 Å². The zero-order valence-electron chi connectivity index (χ0n) is 11.9. The minimum atomic E-state index is -4.64. The second-order valence-corrected chi connectivity index (χ2v) is 5.02. The maximum Gasteiger partial charge on any atom is 0.417 e. The van der Waals surface area contributed by atoms with E-state index in [2.05, 4.69) is 10.6 Å². The van der Waals surface area contributed by atoms with Gasteiger partial charge in [0.15, 0.2) is 0 Å². The summed E-state index contributed by atoms with van der Waals surface area (Å²) in [6, 6.07) is 2.89. The fourth-order valence-corrected chi connectivity index (χ4v) is 1.89. The van der Waals surface area contributed by atoms with Gasteiger partial charge in [-0.15, -0.1) is 0 Å². The molecular formula is C14H16ClF3N2O2. The molecule has 4 nitrogen and oxygen atoms in total. The van der Waals surface area contributed by atoms with Gasteiger partial charge < -0.3 is 10.6 Å². The van der Waals surface area contributed by atoms with E-state index in [1.165, 1.54) is 6.07 Å². The predicted octanol–water partition coefficient (Wildman–Crippen LogP) is 3.60. The Hall–Kier alpha value is -1.76. The second kappa shape index (κ2) is 8.03. The summed E-state index contributed by atoms with van der Waals surface area (Å²) < 4.78 is 38.1. The molecular weight excluding hydrogens is 321 g/mol. The molecule has 1 aromatic rings. The smallest absolute Gasteiger partial charge is 0.348 e. The molecule has 0 aliphatic carbocycles. The second-order valence-electron chi connectivity index (χ2n) is 4.61. The molecule has 122 valence electrons. The highest BCUT2D eigenvalue weighted by Crippen LogP contribution is 2.36. The molecule has 2 amide bonds. The van der Waals surface area contributed by atoms with Crippen LogP contribution in [0.3, 0.4) is 0 Å².